The molecule has 1 atom stereocenters. The van der Waals surface area contributed by atoms with Gasteiger partial charge in [-0.15, -0.1) is 0 Å². The van der Waals surface area contributed by atoms with Crippen molar-refractivity contribution in [2.75, 3.05) is 6.61 Å². The zero-order valence-corrected chi connectivity index (χ0v) is 17.5. The number of hydrogen-bond acceptors (Lipinski definition) is 3. The van der Waals surface area contributed by atoms with E-state index in [4.69, 9.17) is 4.74 Å². The zero-order chi connectivity index (χ0) is 22.5. The lowest BCUT2D eigenvalue weighted by Crippen LogP contribution is -2.41. The van der Waals surface area contributed by atoms with Crippen molar-refractivity contribution in [2.24, 2.45) is 0 Å². The summed E-state index contributed by atoms with van der Waals surface area (Å²) in [6.07, 6.45) is 0.211. The van der Waals surface area contributed by atoms with Crippen molar-refractivity contribution in [3.63, 3.8) is 0 Å². The van der Waals surface area contributed by atoms with Crippen molar-refractivity contribution in [2.45, 2.75) is 31.2 Å². The van der Waals surface area contributed by atoms with Crippen LogP contribution in [0.15, 0.2) is 72.8 Å². The van der Waals surface area contributed by atoms with Gasteiger partial charge in [0.1, 0.15) is 18.5 Å². The Morgan fingerprint density at radius 1 is 0.938 bits per heavy atom. The van der Waals surface area contributed by atoms with E-state index in [2.05, 4.69) is 5.32 Å². The standard InChI is InChI=1S/C26H24FNO4/c27-23-14-6-1-8-17(23)9-7-15-24(25(29)30)28-26(31)32-16-22-20-12-4-2-10-18(20)19-11-3-5-13-21(19)22/h1-6,8,10-14,22,24H,7,9,15-16H2,(H,28,31)(H,29,30). The number of halogens is 1. The summed E-state index contributed by atoms with van der Waals surface area (Å²) in [7, 11) is 0. The van der Waals surface area contributed by atoms with Crippen LogP contribution in [-0.4, -0.2) is 29.8 Å². The van der Waals surface area contributed by atoms with Gasteiger partial charge in [0.2, 0.25) is 0 Å². The zero-order valence-electron chi connectivity index (χ0n) is 17.5. The number of alkyl carbamates (subject to hydrolysis) is 1. The molecule has 4 rings (SSSR count). The van der Waals surface area contributed by atoms with Gasteiger partial charge in [0.05, 0.1) is 0 Å². The summed E-state index contributed by atoms with van der Waals surface area (Å²) in [6, 6.07) is 21.3. The number of carboxylic acid groups (broad SMARTS) is 1. The van der Waals surface area contributed by atoms with Crippen LogP contribution in [0.5, 0.6) is 0 Å². The van der Waals surface area contributed by atoms with E-state index in [0.717, 1.165) is 22.3 Å². The Kier molecular flexibility index (Phi) is 6.50. The van der Waals surface area contributed by atoms with E-state index in [-0.39, 0.29) is 24.8 Å². The summed E-state index contributed by atoms with van der Waals surface area (Å²) in [6.45, 7) is 0.113. The summed E-state index contributed by atoms with van der Waals surface area (Å²) in [5.74, 6) is -1.56. The molecule has 1 aliphatic carbocycles. The van der Waals surface area contributed by atoms with Gasteiger partial charge in [-0.25, -0.2) is 14.0 Å². The number of aliphatic carboxylic acids is 1. The first-order valence-electron chi connectivity index (χ1n) is 10.6. The molecule has 0 radical (unpaired) electrons. The minimum Gasteiger partial charge on any atom is -0.480 e. The van der Waals surface area contributed by atoms with E-state index in [0.29, 0.717) is 18.4 Å². The van der Waals surface area contributed by atoms with Gasteiger partial charge < -0.3 is 15.2 Å². The van der Waals surface area contributed by atoms with Crippen LogP contribution >= 0.6 is 0 Å². The van der Waals surface area contributed by atoms with Gasteiger partial charge in [-0.3, -0.25) is 0 Å². The molecule has 1 amide bonds. The quantitative estimate of drug-likeness (QED) is 0.516. The molecule has 0 heterocycles. The highest BCUT2D eigenvalue weighted by Gasteiger charge is 2.29. The van der Waals surface area contributed by atoms with Gasteiger partial charge in [-0.1, -0.05) is 66.7 Å². The second-order valence-electron chi connectivity index (χ2n) is 7.84. The second kappa shape index (κ2) is 9.64. The number of amides is 1. The number of ether oxygens (including phenoxy) is 1. The third-order valence-electron chi connectivity index (χ3n) is 5.83. The van der Waals surface area contributed by atoms with Crippen LogP contribution in [0.4, 0.5) is 9.18 Å². The summed E-state index contributed by atoms with van der Waals surface area (Å²) in [4.78, 5) is 24.0. The number of benzene rings is 3. The molecular formula is C26H24FNO4. The number of rotatable bonds is 8. The van der Waals surface area contributed by atoms with E-state index >= 15 is 0 Å². The largest absolute Gasteiger partial charge is 0.480 e. The molecule has 0 spiro atoms. The smallest absolute Gasteiger partial charge is 0.407 e. The van der Waals surface area contributed by atoms with Crippen LogP contribution < -0.4 is 5.32 Å². The molecule has 5 nitrogen and oxygen atoms in total. The molecule has 3 aromatic carbocycles. The van der Waals surface area contributed by atoms with Crippen LogP contribution in [0.1, 0.15) is 35.4 Å². The van der Waals surface area contributed by atoms with Gasteiger partial charge >= 0.3 is 12.1 Å². The Bertz CT molecular complexity index is 1080. The summed E-state index contributed by atoms with van der Waals surface area (Å²) < 4.78 is 19.2. The Labute approximate surface area is 185 Å². The molecule has 0 bridgehead atoms. The summed E-state index contributed by atoms with van der Waals surface area (Å²) >= 11 is 0. The first-order valence-corrected chi connectivity index (χ1v) is 10.6. The van der Waals surface area contributed by atoms with Gasteiger partial charge in [0, 0.05) is 5.92 Å². The van der Waals surface area contributed by atoms with Crippen LogP contribution in [0.2, 0.25) is 0 Å². The van der Waals surface area contributed by atoms with Crippen molar-refractivity contribution in [3.8, 4) is 11.1 Å². The Balaban J connectivity index is 1.34. The van der Waals surface area contributed by atoms with Crippen LogP contribution in [-0.2, 0) is 16.0 Å². The second-order valence-corrected chi connectivity index (χ2v) is 7.84. The van der Waals surface area contributed by atoms with Crippen molar-refractivity contribution in [1.82, 2.24) is 5.32 Å². The molecule has 164 valence electrons. The molecule has 0 aromatic heterocycles. The third kappa shape index (κ3) is 4.64. The van der Waals surface area contributed by atoms with E-state index in [1.165, 1.54) is 6.07 Å². The Morgan fingerprint density at radius 3 is 2.16 bits per heavy atom. The monoisotopic (exact) mass is 433 g/mol. The molecule has 32 heavy (non-hydrogen) atoms. The lowest BCUT2D eigenvalue weighted by atomic mass is 9.98. The SMILES string of the molecule is O=C(NC(CCCc1ccccc1F)C(=O)O)OCC1c2ccccc2-c2ccccc21. The maximum atomic E-state index is 13.7. The van der Waals surface area contributed by atoms with E-state index < -0.39 is 18.1 Å². The first-order chi connectivity index (χ1) is 15.5. The van der Waals surface area contributed by atoms with Crippen molar-refractivity contribution in [1.29, 1.82) is 0 Å². The highest BCUT2D eigenvalue weighted by atomic mass is 19.1. The lowest BCUT2D eigenvalue weighted by molar-refractivity contribution is -0.139. The number of fused-ring (bicyclic) bond motifs is 3. The molecule has 0 aliphatic heterocycles. The van der Waals surface area contributed by atoms with Gasteiger partial charge in [0.25, 0.3) is 0 Å². The molecular weight excluding hydrogens is 409 g/mol. The van der Waals surface area contributed by atoms with Crippen molar-refractivity contribution >= 4 is 12.1 Å². The predicted molar refractivity (Wildman–Crippen MR) is 119 cm³/mol. The number of carbonyl (C=O) groups is 2. The maximum absolute atomic E-state index is 13.7. The highest BCUT2D eigenvalue weighted by molar-refractivity contribution is 5.81. The molecule has 2 N–H and O–H groups in total. The topological polar surface area (TPSA) is 75.6 Å². The Hall–Kier alpha value is -3.67. The molecule has 0 fully saturated rings. The van der Waals surface area contributed by atoms with E-state index in [1.807, 2.05) is 48.5 Å². The average Bonchev–Trinajstić information content (AvgIpc) is 3.12. The first kappa shape index (κ1) is 21.6. The molecule has 1 unspecified atom stereocenters. The third-order valence-corrected chi connectivity index (χ3v) is 5.83. The number of nitrogens with one attached hydrogen (secondary N) is 1. The summed E-state index contributed by atoms with van der Waals surface area (Å²) in [5.41, 5.74) is 4.93. The fourth-order valence-electron chi connectivity index (χ4n) is 4.24. The van der Waals surface area contributed by atoms with Crippen molar-refractivity contribution < 1.29 is 23.8 Å². The van der Waals surface area contributed by atoms with Gasteiger partial charge in [-0.2, -0.15) is 0 Å². The predicted octanol–water partition coefficient (Wildman–Crippen LogP) is 5.14. The minimum absolute atomic E-state index is 0.0996. The van der Waals surface area contributed by atoms with Crippen molar-refractivity contribution in [3.05, 3.63) is 95.3 Å². The minimum atomic E-state index is -1.15. The Morgan fingerprint density at radius 2 is 1.53 bits per heavy atom. The lowest BCUT2D eigenvalue weighted by Gasteiger charge is -2.17. The van der Waals surface area contributed by atoms with Gasteiger partial charge in [-0.05, 0) is 53.1 Å². The maximum Gasteiger partial charge on any atom is 0.407 e. The molecule has 6 heteroatoms. The molecule has 1 aliphatic rings. The molecule has 3 aromatic rings. The van der Waals surface area contributed by atoms with Crippen LogP contribution in [0.3, 0.4) is 0 Å². The fourth-order valence-corrected chi connectivity index (χ4v) is 4.24. The normalized spacial score (nSPS) is 13.2. The molecule has 0 saturated heterocycles. The van der Waals surface area contributed by atoms with E-state index in [9.17, 15) is 19.1 Å². The molecule has 0 saturated carbocycles. The van der Waals surface area contributed by atoms with E-state index in [1.54, 1.807) is 18.2 Å². The number of carboxylic acids is 1. The van der Waals surface area contributed by atoms with Crippen LogP contribution in [0, 0.1) is 5.82 Å². The highest BCUT2D eigenvalue weighted by Crippen LogP contribution is 2.44. The number of carbonyl (C=O) groups excluding carboxylic acids is 1. The number of aryl methyl sites for hydroxylation is 1. The summed E-state index contributed by atoms with van der Waals surface area (Å²) in [5, 5.41) is 11.9. The van der Waals surface area contributed by atoms with Crippen LogP contribution in [0.25, 0.3) is 11.1 Å². The fraction of sp³-hybridized carbons (Fsp3) is 0.231. The number of hydrogen-bond donors (Lipinski definition) is 2. The average molecular weight is 433 g/mol. The van der Waals surface area contributed by atoms with Gasteiger partial charge in [0.15, 0.2) is 0 Å².